The smallest absolute Gasteiger partial charge is 0.255 e. The molecule has 1 amide bonds. The number of hydrogen-bond donors (Lipinski definition) is 2. The summed E-state index contributed by atoms with van der Waals surface area (Å²) in [6, 6.07) is 10.2. The summed E-state index contributed by atoms with van der Waals surface area (Å²) >= 11 is 0. The highest BCUT2D eigenvalue weighted by Crippen LogP contribution is 2.24. The fourth-order valence-corrected chi connectivity index (χ4v) is 4.13. The molecule has 0 aliphatic rings. The summed E-state index contributed by atoms with van der Waals surface area (Å²) in [6.07, 6.45) is 6.50. The van der Waals surface area contributed by atoms with Crippen LogP contribution in [0.15, 0.2) is 66.1 Å². The van der Waals surface area contributed by atoms with Gasteiger partial charge in [-0.15, -0.1) is 0 Å². The molecule has 0 bridgehead atoms. The Morgan fingerprint density at radius 1 is 1.10 bits per heavy atom. The maximum Gasteiger partial charge on any atom is 0.255 e. The molecule has 31 heavy (non-hydrogen) atoms. The first kappa shape index (κ1) is 20.7. The molecule has 0 fully saturated rings. The normalized spacial score (nSPS) is 11.7. The standard InChI is InChI=1S/C22H21N5O3S/c1-14(2)31(29,30)17-5-3-16(4-6-17)19-13-25-21-20(27-19)18(12-24-21)22(28)26-11-15-7-9-23-10-8-15/h3-10,12-14H,11H2,1-2H3,(H,24,25)(H,26,28). The van der Waals surface area contributed by atoms with Crippen molar-refractivity contribution < 1.29 is 13.2 Å². The number of amides is 1. The third-order valence-electron chi connectivity index (χ3n) is 4.93. The molecule has 0 aliphatic carbocycles. The number of carbonyl (C=O) groups is 1. The van der Waals surface area contributed by atoms with E-state index < -0.39 is 15.1 Å². The van der Waals surface area contributed by atoms with E-state index in [9.17, 15) is 13.2 Å². The van der Waals surface area contributed by atoms with Crippen LogP contribution in [0.25, 0.3) is 22.4 Å². The number of aromatic nitrogens is 4. The maximum absolute atomic E-state index is 12.7. The van der Waals surface area contributed by atoms with Gasteiger partial charge in [0, 0.05) is 30.7 Å². The zero-order chi connectivity index (χ0) is 22.0. The van der Waals surface area contributed by atoms with Gasteiger partial charge < -0.3 is 10.3 Å². The minimum atomic E-state index is -3.35. The molecule has 4 aromatic rings. The summed E-state index contributed by atoms with van der Waals surface area (Å²) in [5, 5.41) is 2.37. The van der Waals surface area contributed by atoms with Crippen LogP contribution in [-0.2, 0) is 16.4 Å². The number of nitrogens with one attached hydrogen (secondary N) is 2. The third kappa shape index (κ3) is 4.17. The third-order valence-corrected chi connectivity index (χ3v) is 7.10. The Labute approximate surface area is 179 Å². The van der Waals surface area contributed by atoms with E-state index in [1.54, 1.807) is 62.9 Å². The second-order valence-electron chi connectivity index (χ2n) is 7.31. The molecular weight excluding hydrogens is 414 g/mol. The molecule has 0 saturated heterocycles. The van der Waals surface area contributed by atoms with Crippen molar-refractivity contribution in [3.8, 4) is 11.3 Å². The van der Waals surface area contributed by atoms with E-state index in [1.165, 1.54) is 0 Å². The van der Waals surface area contributed by atoms with Gasteiger partial charge in [-0.1, -0.05) is 12.1 Å². The lowest BCUT2D eigenvalue weighted by molar-refractivity contribution is 0.0952. The quantitative estimate of drug-likeness (QED) is 0.480. The highest BCUT2D eigenvalue weighted by Gasteiger charge is 2.19. The van der Waals surface area contributed by atoms with Crippen molar-refractivity contribution in [2.75, 3.05) is 0 Å². The van der Waals surface area contributed by atoms with Crippen molar-refractivity contribution in [2.45, 2.75) is 30.5 Å². The highest BCUT2D eigenvalue weighted by atomic mass is 32.2. The second-order valence-corrected chi connectivity index (χ2v) is 9.82. The van der Waals surface area contributed by atoms with Crippen LogP contribution in [0.1, 0.15) is 29.8 Å². The molecule has 3 aromatic heterocycles. The molecule has 1 aromatic carbocycles. The summed E-state index contributed by atoms with van der Waals surface area (Å²) in [4.78, 5) is 28.8. The number of pyridine rings is 1. The Bertz CT molecular complexity index is 1330. The van der Waals surface area contributed by atoms with Crippen LogP contribution < -0.4 is 5.32 Å². The minimum Gasteiger partial charge on any atom is -0.348 e. The zero-order valence-electron chi connectivity index (χ0n) is 17.0. The van der Waals surface area contributed by atoms with Gasteiger partial charge in [0.2, 0.25) is 0 Å². The first-order chi connectivity index (χ1) is 14.9. The summed E-state index contributed by atoms with van der Waals surface area (Å²) in [5.74, 6) is -0.270. The van der Waals surface area contributed by atoms with Gasteiger partial charge in [0.25, 0.3) is 5.91 Å². The van der Waals surface area contributed by atoms with E-state index in [4.69, 9.17) is 0 Å². The largest absolute Gasteiger partial charge is 0.348 e. The average Bonchev–Trinajstić information content (AvgIpc) is 3.21. The van der Waals surface area contributed by atoms with Gasteiger partial charge in [-0.05, 0) is 43.7 Å². The topological polar surface area (TPSA) is 118 Å². The van der Waals surface area contributed by atoms with Crippen LogP contribution in [0.4, 0.5) is 0 Å². The number of aromatic amines is 1. The van der Waals surface area contributed by atoms with E-state index >= 15 is 0 Å². The number of carbonyl (C=O) groups excluding carboxylic acids is 1. The number of H-pyrrole nitrogens is 1. The van der Waals surface area contributed by atoms with Crippen molar-refractivity contribution in [1.29, 1.82) is 0 Å². The highest BCUT2D eigenvalue weighted by molar-refractivity contribution is 7.92. The first-order valence-electron chi connectivity index (χ1n) is 9.72. The SMILES string of the molecule is CC(C)S(=O)(=O)c1ccc(-c2cnc3[nH]cc(C(=O)NCc4ccncc4)c3n2)cc1. The number of fused-ring (bicyclic) bond motifs is 1. The summed E-state index contributed by atoms with van der Waals surface area (Å²) in [6.45, 7) is 3.67. The van der Waals surface area contributed by atoms with Gasteiger partial charge in [0.15, 0.2) is 15.5 Å². The van der Waals surface area contributed by atoms with Crippen molar-refractivity contribution in [3.63, 3.8) is 0 Å². The molecule has 0 spiro atoms. The van der Waals surface area contributed by atoms with Crippen molar-refractivity contribution in [3.05, 3.63) is 72.3 Å². The summed E-state index contributed by atoms with van der Waals surface area (Å²) < 4.78 is 24.6. The van der Waals surface area contributed by atoms with Crippen molar-refractivity contribution >= 4 is 26.9 Å². The molecule has 8 nitrogen and oxygen atoms in total. The predicted molar refractivity (Wildman–Crippen MR) is 117 cm³/mol. The van der Waals surface area contributed by atoms with Gasteiger partial charge in [-0.3, -0.25) is 9.78 Å². The Hall–Kier alpha value is -3.59. The Kier molecular flexibility index (Phi) is 5.51. The number of benzene rings is 1. The number of sulfone groups is 1. The fourth-order valence-electron chi connectivity index (χ4n) is 3.07. The lowest BCUT2D eigenvalue weighted by Gasteiger charge is -2.08. The van der Waals surface area contributed by atoms with Crippen LogP contribution in [0.2, 0.25) is 0 Å². The summed E-state index contributed by atoms with van der Waals surface area (Å²) in [7, 11) is -3.35. The Morgan fingerprint density at radius 3 is 2.48 bits per heavy atom. The summed E-state index contributed by atoms with van der Waals surface area (Å²) in [5.41, 5.74) is 3.52. The molecule has 0 saturated carbocycles. The molecule has 158 valence electrons. The molecule has 0 unspecified atom stereocenters. The number of hydrogen-bond acceptors (Lipinski definition) is 6. The fraction of sp³-hybridized carbons (Fsp3) is 0.182. The van der Waals surface area contributed by atoms with E-state index in [2.05, 4.69) is 25.3 Å². The maximum atomic E-state index is 12.7. The van der Waals surface area contributed by atoms with Gasteiger partial charge in [0.05, 0.1) is 27.6 Å². The monoisotopic (exact) mass is 435 g/mol. The van der Waals surface area contributed by atoms with Crippen LogP contribution in [0.3, 0.4) is 0 Å². The predicted octanol–water partition coefficient (Wildman–Crippen LogP) is 3.13. The molecule has 9 heteroatoms. The van der Waals surface area contributed by atoms with Crippen LogP contribution in [-0.4, -0.2) is 39.5 Å². The van der Waals surface area contributed by atoms with Gasteiger partial charge in [0.1, 0.15) is 5.52 Å². The van der Waals surface area contributed by atoms with Gasteiger partial charge >= 0.3 is 0 Å². The molecule has 0 aliphatic heterocycles. The average molecular weight is 436 g/mol. The van der Waals surface area contributed by atoms with E-state index in [0.717, 1.165) is 5.56 Å². The van der Waals surface area contributed by atoms with Gasteiger partial charge in [-0.2, -0.15) is 0 Å². The zero-order valence-corrected chi connectivity index (χ0v) is 17.8. The van der Waals surface area contributed by atoms with Crippen LogP contribution in [0, 0.1) is 0 Å². The molecular formula is C22H21N5O3S. The Morgan fingerprint density at radius 2 is 1.81 bits per heavy atom. The second kappa shape index (κ2) is 8.27. The number of rotatable bonds is 6. The Balaban J connectivity index is 1.60. The van der Waals surface area contributed by atoms with E-state index in [-0.39, 0.29) is 10.8 Å². The molecule has 0 radical (unpaired) electrons. The molecule has 0 atom stereocenters. The van der Waals surface area contributed by atoms with Crippen molar-refractivity contribution in [1.82, 2.24) is 25.3 Å². The molecule has 3 heterocycles. The minimum absolute atomic E-state index is 0.262. The number of nitrogens with zero attached hydrogens (tertiary/aromatic N) is 3. The van der Waals surface area contributed by atoms with Gasteiger partial charge in [-0.25, -0.2) is 18.4 Å². The lowest BCUT2D eigenvalue weighted by atomic mass is 10.1. The van der Waals surface area contributed by atoms with Crippen molar-refractivity contribution in [2.24, 2.45) is 0 Å². The van der Waals surface area contributed by atoms with Crippen LogP contribution in [0.5, 0.6) is 0 Å². The first-order valence-corrected chi connectivity index (χ1v) is 11.3. The van der Waals surface area contributed by atoms with E-state index in [1.807, 2.05) is 12.1 Å². The lowest BCUT2D eigenvalue weighted by Crippen LogP contribution is -2.22. The molecule has 4 rings (SSSR count). The van der Waals surface area contributed by atoms with E-state index in [0.29, 0.717) is 34.5 Å². The van der Waals surface area contributed by atoms with Crippen LogP contribution >= 0.6 is 0 Å². The molecule has 2 N–H and O–H groups in total.